The van der Waals surface area contributed by atoms with Gasteiger partial charge in [0.2, 0.25) is 5.54 Å². The smallest absolute Gasteiger partial charge is 0.343 e. The van der Waals surface area contributed by atoms with Crippen LogP contribution in [0.4, 0.5) is 0 Å². The number of esters is 2. The Bertz CT molecular complexity index is 1840. The van der Waals surface area contributed by atoms with Crippen molar-refractivity contribution in [3.8, 4) is 11.5 Å². The van der Waals surface area contributed by atoms with Crippen LogP contribution in [0.5, 0.6) is 11.5 Å². The van der Waals surface area contributed by atoms with Crippen LogP contribution in [0.3, 0.4) is 0 Å². The van der Waals surface area contributed by atoms with Crippen LogP contribution >= 0.6 is 0 Å². The minimum absolute atomic E-state index is 0.0326. The summed E-state index contributed by atoms with van der Waals surface area (Å²) in [5.74, 6) is -1.81. The van der Waals surface area contributed by atoms with Gasteiger partial charge in [0.25, 0.3) is 0 Å². The first-order valence-electron chi connectivity index (χ1n) is 13.8. The van der Waals surface area contributed by atoms with E-state index in [0.717, 1.165) is 22.0 Å². The van der Waals surface area contributed by atoms with Gasteiger partial charge in [-0.05, 0) is 48.7 Å². The number of hydrogen-bond acceptors (Lipinski definition) is 8. The Morgan fingerprint density at radius 2 is 1.72 bits per heavy atom. The predicted molar refractivity (Wildman–Crippen MR) is 159 cm³/mol. The van der Waals surface area contributed by atoms with Crippen molar-refractivity contribution in [1.29, 1.82) is 0 Å². The van der Waals surface area contributed by atoms with E-state index in [4.69, 9.17) is 14.2 Å². The highest BCUT2D eigenvalue weighted by molar-refractivity contribution is 6.15. The second-order valence-electron chi connectivity index (χ2n) is 10.5. The highest BCUT2D eigenvalue weighted by Gasteiger charge is 2.58. The molecule has 3 heterocycles. The van der Waals surface area contributed by atoms with Gasteiger partial charge >= 0.3 is 11.9 Å². The number of carbonyl (C=O) groups excluding carboxylic acids is 3. The zero-order chi connectivity index (χ0) is 30.3. The molecule has 6 rings (SSSR count). The number of Topliss-reactive ketones (excluding diaryl/α,β-unsaturated/α-hetero) is 1. The fraction of sp³-hybridized carbons (Fsp3) is 0.206. The molecule has 0 aliphatic carbocycles. The summed E-state index contributed by atoms with van der Waals surface area (Å²) >= 11 is 0. The number of para-hydroxylation sites is 1. The van der Waals surface area contributed by atoms with E-state index in [1.165, 1.54) is 26.4 Å². The lowest BCUT2D eigenvalue weighted by molar-refractivity contribution is -0.156. The van der Waals surface area contributed by atoms with Crippen molar-refractivity contribution < 1.29 is 33.7 Å². The van der Waals surface area contributed by atoms with E-state index < -0.39 is 23.3 Å². The first-order valence-corrected chi connectivity index (χ1v) is 13.8. The molecule has 0 amide bonds. The molecule has 0 spiro atoms. The molecule has 2 aliphatic rings. The van der Waals surface area contributed by atoms with Crippen LogP contribution < -0.4 is 4.74 Å². The normalized spacial score (nSPS) is 17.3. The molecule has 4 aromatic rings. The standard InChI is InChI=1S/C34H30N2O7/c1-20-28(43-19-21-9-5-4-6-10-21)14-13-25(29(20)37)30(38)22-17-26(32(39)41-2)34(33(40)42-3)31-24(15-16-36(34)18-22)23-11-7-8-12-27(23)35-31/h4-14,17-18,35,37H,15-16,19H2,1-3H3. The van der Waals surface area contributed by atoms with Gasteiger partial charge < -0.3 is 29.2 Å². The van der Waals surface area contributed by atoms with Crippen LogP contribution in [-0.2, 0) is 37.6 Å². The molecule has 0 radical (unpaired) electrons. The summed E-state index contributed by atoms with van der Waals surface area (Å²) in [6, 6.07) is 20.4. The number of phenols is 1. The lowest BCUT2D eigenvalue weighted by atomic mass is 9.75. The van der Waals surface area contributed by atoms with Crippen molar-refractivity contribution in [3.63, 3.8) is 0 Å². The number of methoxy groups -OCH3 is 2. The molecule has 1 aromatic heterocycles. The summed E-state index contributed by atoms with van der Waals surface area (Å²) in [6.45, 7) is 2.28. The van der Waals surface area contributed by atoms with E-state index in [0.29, 0.717) is 36.6 Å². The summed E-state index contributed by atoms with van der Waals surface area (Å²) in [6.07, 6.45) is 3.45. The van der Waals surface area contributed by atoms with E-state index in [2.05, 4.69) is 4.98 Å². The van der Waals surface area contributed by atoms with Gasteiger partial charge in [0.15, 0.2) is 5.78 Å². The molecule has 9 heteroatoms. The number of benzene rings is 3. The molecule has 43 heavy (non-hydrogen) atoms. The number of H-pyrrole nitrogens is 1. The second-order valence-corrected chi connectivity index (χ2v) is 10.5. The number of aromatic nitrogens is 1. The zero-order valence-electron chi connectivity index (χ0n) is 24.0. The van der Waals surface area contributed by atoms with Crippen LogP contribution in [0.25, 0.3) is 10.9 Å². The lowest BCUT2D eigenvalue weighted by Crippen LogP contribution is -2.58. The molecule has 2 aliphatic heterocycles. The largest absolute Gasteiger partial charge is 0.507 e. The number of aromatic amines is 1. The molecular formula is C34H30N2O7. The summed E-state index contributed by atoms with van der Waals surface area (Å²) in [5, 5.41) is 12.0. The van der Waals surface area contributed by atoms with Crippen molar-refractivity contribution in [3.05, 3.63) is 118 Å². The number of aromatic hydroxyl groups is 1. The van der Waals surface area contributed by atoms with E-state index >= 15 is 0 Å². The number of ketones is 1. The molecule has 218 valence electrons. The summed E-state index contributed by atoms with van der Waals surface area (Å²) in [5.41, 5.74) is 1.91. The first-order chi connectivity index (χ1) is 20.8. The molecule has 9 nitrogen and oxygen atoms in total. The van der Waals surface area contributed by atoms with Crippen molar-refractivity contribution in [2.45, 2.75) is 25.5 Å². The third kappa shape index (κ3) is 4.35. The maximum Gasteiger partial charge on any atom is 0.343 e. The molecule has 0 saturated heterocycles. The SMILES string of the molecule is COC(=O)C1=CC(C(=O)c2ccc(OCc3ccccc3)c(C)c2O)=CN2CCc3c([nH]c4ccccc34)C12C(=O)OC. The van der Waals surface area contributed by atoms with Gasteiger partial charge in [0.1, 0.15) is 18.1 Å². The monoisotopic (exact) mass is 578 g/mol. The van der Waals surface area contributed by atoms with E-state index in [1.807, 2.05) is 54.6 Å². The number of allylic oxidation sites excluding steroid dienone is 2. The second kappa shape index (κ2) is 10.8. The van der Waals surface area contributed by atoms with E-state index in [-0.39, 0.29) is 22.5 Å². The maximum absolute atomic E-state index is 13.9. The number of fused-ring (bicyclic) bond motifs is 5. The fourth-order valence-electron chi connectivity index (χ4n) is 6.06. The molecular weight excluding hydrogens is 548 g/mol. The zero-order valence-corrected chi connectivity index (χ0v) is 24.0. The number of phenolic OH excluding ortho intramolecular Hbond substituents is 1. The van der Waals surface area contributed by atoms with Gasteiger partial charge in [0, 0.05) is 34.8 Å². The molecule has 2 N–H and O–H groups in total. The number of carbonyl (C=O) groups is 3. The Morgan fingerprint density at radius 3 is 2.47 bits per heavy atom. The van der Waals surface area contributed by atoms with E-state index in [1.54, 1.807) is 24.1 Å². The topological polar surface area (TPSA) is 118 Å². The van der Waals surface area contributed by atoms with Crippen molar-refractivity contribution in [2.75, 3.05) is 20.8 Å². The fourth-order valence-corrected chi connectivity index (χ4v) is 6.06. The van der Waals surface area contributed by atoms with Crippen LogP contribution in [0, 0.1) is 6.92 Å². The molecule has 0 saturated carbocycles. The van der Waals surface area contributed by atoms with Gasteiger partial charge in [-0.3, -0.25) is 4.79 Å². The van der Waals surface area contributed by atoms with Gasteiger partial charge in [-0.2, -0.15) is 0 Å². The average Bonchev–Trinajstić information content (AvgIpc) is 3.43. The van der Waals surface area contributed by atoms with Crippen LogP contribution in [0.15, 0.2) is 90.2 Å². The molecule has 3 aromatic carbocycles. The van der Waals surface area contributed by atoms with Crippen LogP contribution in [-0.4, -0.2) is 53.5 Å². The summed E-state index contributed by atoms with van der Waals surface area (Å²) in [4.78, 5) is 46.0. The quantitative estimate of drug-likeness (QED) is 0.236. The Morgan fingerprint density at radius 1 is 0.977 bits per heavy atom. The maximum atomic E-state index is 13.9. The number of ether oxygens (including phenoxy) is 3. The number of nitrogens with zero attached hydrogens (tertiary/aromatic N) is 1. The molecule has 0 fully saturated rings. The molecule has 1 atom stereocenters. The van der Waals surface area contributed by atoms with Gasteiger partial charge in [0.05, 0.1) is 31.1 Å². The lowest BCUT2D eigenvalue weighted by Gasteiger charge is -2.46. The minimum Gasteiger partial charge on any atom is -0.507 e. The van der Waals surface area contributed by atoms with Crippen molar-refractivity contribution in [2.24, 2.45) is 0 Å². The molecule has 0 bridgehead atoms. The summed E-state index contributed by atoms with van der Waals surface area (Å²) < 4.78 is 16.3. The predicted octanol–water partition coefficient (Wildman–Crippen LogP) is 4.87. The molecule has 1 unspecified atom stereocenters. The van der Waals surface area contributed by atoms with E-state index in [9.17, 15) is 19.5 Å². The Kier molecular flexibility index (Phi) is 7.01. The van der Waals surface area contributed by atoms with Crippen molar-refractivity contribution in [1.82, 2.24) is 9.88 Å². The van der Waals surface area contributed by atoms with Gasteiger partial charge in [-0.1, -0.05) is 48.5 Å². The Labute approximate surface area is 248 Å². The number of rotatable bonds is 7. The third-order valence-corrected chi connectivity index (χ3v) is 8.20. The number of hydrogen-bond donors (Lipinski definition) is 2. The van der Waals surface area contributed by atoms with Gasteiger partial charge in [-0.25, -0.2) is 9.59 Å². The number of nitrogens with one attached hydrogen (secondary N) is 1. The highest BCUT2D eigenvalue weighted by atomic mass is 16.5. The summed E-state index contributed by atoms with van der Waals surface area (Å²) in [7, 11) is 2.48. The first kappa shape index (κ1) is 27.8. The van der Waals surface area contributed by atoms with Crippen LogP contribution in [0.2, 0.25) is 0 Å². The minimum atomic E-state index is -1.70. The van der Waals surface area contributed by atoms with Gasteiger partial charge in [-0.15, -0.1) is 0 Å². The van der Waals surface area contributed by atoms with Crippen LogP contribution in [0.1, 0.15) is 32.7 Å². The Hall–Kier alpha value is -5.31. The Balaban J connectivity index is 1.42. The third-order valence-electron chi connectivity index (χ3n) is 8.20. The van der Waals surface area contributed by atoms with Crippen molar-refractivity contribution >= 4 is 28.6 Å². The highest BCUT2D eigenvalue weighted by Crippen LogP contribution is 2.48. The average molecular weight is 579 g/mol.